The summed E-state index contributed by atoms with van der Waals surface area (Å²) in [5.74, 6) is 1.86. The van der Waals surface area contributed by atoms with Gasteiger partial charge in [-0.1, -0.05) is 12.1 Å². The molecule has 4 rings (SSSR count). The topological polar surface area (TPSA) is 23.6 Å². The molecule has 0 bridgehead atoms. The first-order valence-corrected chi connectivity index (χ1v) is 8.37. The molecule has 2 saturated heterocycles. The van der Waals surface area contributed by atoms with E-state index < -0.39 is 0 Å². The summed E-state index contributed by atoms with van der Waals surface area (Å²) in [6.45, 7) is 5.82. The molecule has 3 atom stereocenters. The molecule has 1 aromatic rings. The monoisotopic (exact) mass is 284 g/mol. The highest BCUT2D eigenvalue weighted by Gasteiger charge is 2.40. The minimum Gasteiger partial charge on any atom is -0.312 e. The second-order valence-corrected chi connectivity index (χ2v) is 6.98. The Morgan fingerprint density at radius 3 is 2.57 bits per heavy atom. The zero-order chi connectivity index (χ0) is 14.4. The number of hydrogen-bond acceptors (Lipinski definition) is 2. The predicted octanol–water partition coefficient (Wildman–Crippen LogP) is 3.01. The second kappa shape index (κ2) is 5.13. The summed E-state index contributed by atoms with van der Waals surface area (Å²) in [5, 5.41) is 0. The number of likely N-dealkylation sites (tertiary alicyclic amines) is 1. The van der Waals surface area contributed by atoms with Crippen LogP contribution in [-0.4, -0.2) is 36.5 Å². The maximum Gasteiger partial charge on any atom is 0.228 e. The molecule has 0 radical (unpaired) electrons. The van der Waals surface area contributed by atoms with Crippen molar-refractivity contribution in [2.75, 3.05) is 24.5 Å². The summed E-state index contributed by atoms with van der Waals surface area (Å²) in [5.41, 5.74) is 2.53. The zero-order valence-electron chi connectivity index (χ0n) is 12.8. The Labute approximate surface area is 126 Å². The lowest BCUT2D eigenvalue weighted by Crippen LogP contribution is -2.43. The van der Waals surface area contributed by atoms with Gasteiger partial charge in [0.2, 0.25) is 5.91 Å². The van der Waals surface area contributed by atoms with Crippen molar-refractivity contribution in [2.24, 2.45) is 5.92 Å². The molecule has 1 amide bonds. The molecular weight excluding hydrogens is 260 g/mol. The summed E-state index contributed by atoms with van der Waals surface area (Å²) in [6, 6.07) is 9.50. The first-order chi connectivity index (χ1) is 10.2. The van der Waals surface area contributed by atoms with Gasteiger partial charge in [0.1, 0.15) is 0 Å². The van der Waals surface area contributed by atoms with Gasteiger partial charge in [0.25, 0.3) is 0 Å². The fourth-order valence-electron chi connectivity index (χ4n) is 3.91. The maximum atomic E-state index is 11.5. The molecule has 3 aliphatic rings. The highest BCUT2D eigenvalue weighted by molar-refractivity contribution is 5.99. The van der Waals surface area contributed by atoms with Crippen LogP contribution >= 0.6 is 0 Å². The lowest BCUT2D eigenvalue weighted by atomic mass is 10.1. The third kappa shape index (κ3) is 2.48. The molecule has 1 aromatic carbocycles. The van der Waals surface area contributed by atoms with Crippen molar-refractivity contribution in [3.63, 3.8) is 0 Å². The molecule has 2 heterocycles. The molecule has 3 fully saturated rings. The number of rotatable bonds is 4. The summed E-state index contributed by atoms with van der Waals surface area (Å²) in [7, 11) is 0. The van der Waals surface area contributed by atoms with Crippen molar-refractivity contribution in [3.8, 4) is 0 Å². The summed E-state index contributed by atoms with van der Waals surface area (Å²) >= 11 is 0. The van der Waals surface area contributed by atoms with Crippen LogP contribution < -0.4 is 4.90 Å². The van der Waals surface area contributed by atoms with E-state index in [1.54, 1.807) is 0 Å². The van der Waals surface area contributed by atoms with E-state index in [0.29, 0.717) is 6.42 Å². The van der Waals surface area contributed by atoms with Gasteiger partial charge in [0, 0.05) is 31.2 Å². The van der Waals surface area contributed by atoms with E-state index >= 15 is 0 Å². The van der Waals surface area contributed by atoms with Crippen molar-refractivity contribution >= 4 is 11.6 Å². The minimum atomic E-state index is 0.259. The van der Waals surface area contributed by atoms with E-state index in [9.17, 15) is 4.79 Å². The predicted molar refractivity (Wildman–Crippen MR) is 84.5 cm³/mol. The Balaban J connectivity index is 1.36. The largest absolute Gasteiger partial charge is 0.312 e. The number of nitrogens with zero attached hydrogens (tertiary/aromatic N) is 2. The quantitative estimate of drug-likeness (QED) is 0.794. The van der Waals surface area contributed by atoms with Crippen LogP contribution in [-0.2, 0) is 4.79 Å². The molecule has 0 aromatic heterocycles. The lowest BCUT2D eigenvalue weighted by Gasteiger charge is -2.30. The van der Waals surface area contributed by atoms with Crippen LogP contribution in [0.25, 0.3) is 0 Å². The van der Waals surface area contributed by atoms with Gasteiger partial charge >= 0.3 is 0 Å². The maximum absolute atomic E-state index is 11.5. The Morgan fingerprint density at radius 2 is 2.00 bits per heavy atom. The Morgan fingerprint density at radius 1 is 1.19 bits per heavy atom. The molecule has 3 nitrogen and oxygen atoms in total. The van der Waals surface area contributed by atoms with E-state index in [0.717, 1.165) is 30.1 Å². The van der Waals surface area contributed by atoms with Gasteiger partial charge in [-0.3, -0.25) is 4.79 Å². The Hall–Kier alpha value is -1.35. The van der Waals surface area contributed by atoms with E-state index in [-0.39, 0.29) is 5.91 Å². The SMILES string of the molecule is C[C@H]1CCCN1C[C@H]1C[C@@H]1c1ccc(N2CCC2=O)cc1. The highest BCUT2D eigenvalue weighted by Crippen LogP contribution is 2.48. The fraction of sp³-hybridized carbons (Fsp3) is 0.611. The standard InChI is InChI=1S/C18H24N2O/c1-13-3-2-9-19(13)12-15-11-17(15)14-4-6-16(7-5-14)20-10-8-18(20)21/h4-7,13,15,17H,2-3,8-12H2,1H3/t13-,15+,17+/m0/s1. The van der Waals surface area contributed by atoms with Gasteiger partial charge in [0.05, 0.1) is 0 Å². The first-order valence-electron chi connectivity index (χ1n) is 8.37. The van der Waals surface area contributed by atoms with Gasteiger partial charge in [-0.2, -0.15) is 0 Å². The van der Waals surface area contributed by atoms with Gasteiger partial charge < -0.3 is 9.80 Å². The number of carbonyl (C=O) groups excluding carboxylic acids is 1. The Bertz CT molecular complexity index is 539. The highest BCUT2D eigenvalue weighted by atomic mass is 16.2. The fourth-order valence-corrected chi connectivity index (χ4v) is 3.91. The van der Waals surface area contributed by atoms with Crippen LogP contribution in [0.4, 0.5) is 5.69 Å². The average molecular weight is 284 g/mol. The van der Waals surface area contributed by atoms with Gasteiger partial charge in [0.15, 0.2) is 0 Å². The van der Waals surface area contributed by atoms with Crippen molar-refractivity contribution in [3.05, 3.63) is 29.8 Å². The molecule has 0 N–H and O–H groups in total. The number of carbonyl (C=O) groups is 1. The van der Waals surface area contributed by atoms with E-state index in [1.165, 1.54) is 37.9 Å². The van der Waals surface area contributed by atoms with Crippen molar-refractivity contribution in [2.45, 2.75) is 44.6 Å². The van der Waals surface area contributed by atoms with Crippen LogP contribution in [0.15, 0.2) is 24.3 Å². The lowest BCUT2D eigenvalue weighted by molar-refractivity contribution is -0.122. The normalized spacial score (nSPS) is 32.3. The zero-order valence-corrected chi connectivity index (χ0v) is 12.8. The molecular formula is C18H24N2O. The molecule has 1 saturated carbocycles. The molecule has 112 valence electrons. The molecule has 21 heavy (non-hydrogen) atoms. The molecule has 0 unspecified atom stereocenters. The van der Waals surface area contributed by atoms with Crippen molar-refractivity contribution < 1.29 is 4.79 Å². The average Bonchev–Trinajstić information content (AvgIpc) is 3.13. The smallest absolute Gasteiger partial charge is 0.228 e. The number of benzene rings is 1. The molecule has 1 aliphatic carbocycles. The van der Waals surface area contributed by atoms with Crippen molar-refractivity contribution in [1.82, 2.24) is 4.90 Å². The third-order valence-electron chi connectivity index (χ3n) is 5.57. The van der Waals surface area contributed by atoms with Gasteiger partial charge in [-0.15, -0.1) is 0 Å². The van der Waals surface area contributed by atoms with Crippen LogP contribution in [0.2, 0.25) is 0 Å². The van der Waals surface area contributed by atoms with E-state index in [4.69, 9.17) is 0 Å². The first kappa shape index (κ1) is 13.3. The van der Waals surface area contributed by atoms with E-state index in [1.807, 2.05) is 4.90 Å². The van der Waals surface area contributed by atoms with Crippen LogP contribution in [0.1, 0.15) is 44.1 Å². The van der Waals surface area contributed by atoms with Crippen LogP contribution in [0.3, 0.4) is 0 Å². The van der Waals surface area contributed by atoms with Gasteiger partial charge in [-0.25, -0.2) is 0 Å². The Kier molecular flexibility index (Phi) is 3.26. The number of hydrogen-bond donors (Lipinski definition) is 0. The van der Waals surface area contributed by atoms with Crippen molar-refractivity contribution in [1.29, 1.82) is 0 Å². The summed E-state index contributed by atoms with van der Waals surface area (Å²) in [6.07, 6.45) is 4.79. The van der Waals surface area contributed by atoms with E-state index in [2.05, 4.69) is 36.1 Å². The summed E-state index contributed by atoms with van der Waals surface area (Å²) in [4.78, 5) is 16.0. The molecule has 2 aliphatic heterocycles. The van der Waals surface area contributed by atoms with Crippen LogP contribution in [0, 0.1) is 5.92 Å². The number of amides is 1. The number of anilines is 1. The van der Waals surface area contributed by atoms with Crippen LogP contribution in [0.5, 0.6) is 0 Å². The molecule has 3 heteroatoms. The third-order valence-corrected chi connectivity index (χ3v) is 5.57. The van der Waals surface area contributed by atoms with Gasteiger partial charge in [-0.05, 0) is 62.3 Å². The minimum absolute atomic E-state index is 0.259. The second-order valence-electron chi connectivity index (χ2n) is 6.98. The molecule has 0 spiro atoms. The number of β-lactam (4-membered cyclic amide) rings is 1. The summed E-state index contributed by atoms with van der Waals surface area (Å²) < 4.78 is 0.